The first-order valence-corrected chi connectivity index (χ1v) is 12.6. The summed E-state index contributed by atoms with van der Waals surface area (Å²) in [5, 5.41) is 3.38. The molecule has 1 aromatic carbocycles. The highest BCUT2D eigenvalue weighted by molar-refractivity contribution is 7.88. The van der Waals surface area contributed by atoms with Gasteiger partial charge in [0.25, 0.3) is 0 Å². The molecule has 3 heterocycles. The molecule has 9 heteroatoms. The summed E-state index contributed by atoms with van der Waals surface area (Å²) in [6.45, 7) is 7.47. The molecule has 2 N–H and O–H groups in total. The van der Waals surface area contributed by atoms with Crippen molar-refractivity contribution in [3.63, 3.8) is 0 Å². The van der Waals surface area contributed by atoms with Gasteiger partial charge in [0.1, 0.15) is 6.61 Å². The largest absolute Gasteiger partial charge is 0.445 e. The summed E-state index contributed by atoms with van der Waals surface area (Å²) in [4.78, 5) is 16.6. The van der Waals surface area contributed by atoms with Crippen LogP contribution in [-0.2, 0) is 21.4 Å². The zero-order valence-electron chi connectivity index (χ0n) is 17.8. The summed E-state index contributed by atoms with van der Waals surface area (Å²) in [5.41, 5.74) is 3.25. The van der Waals surface area contributed by atoms with Crippen molar-refractivity contribution >= 4 is 21.8 Å². The van der Waals surface area contributed by atoms with Crippen LogP contribution in [0.1, 0.15) is 24.0 Å². The maximum atomic E-state index is 12.5. The topological polar surface area (TPSA) is 91.0 Å². The molecule has 30 heavy (non-hydrogen) atoms. The zero-order valence-corrected chi connectivity index (χ0v) is 18.6. The Bertz CT molecular complexity index is 871. The number of amides is 1. The molecular formula is C21H32N4O4S. The molecule has 1 amide bonds. The number of ether oxygens (including phenoxy) is 1. The normalized spacial score (nSPS) is 24.9. The molecule has 3 fully saturated rings. The van der Waals surface area contributed by atoms with Crippen LogP contribution in [0.25, 0.3) is 0 Å². The van der Waals surface area contributed by atoms with Gasteiger partial charge in [0, 0.05) is 51.0 Å². The number of carbonyl (C=O) groups is 1. The molecule has 8 nitrogen and oxygen atoms in total. The van der Waals surface area contributed by atoms with E-state index in [9.17, 15) is 13.2 Å². The lowest BCUT2D eigenvalue weighted by molar-refractivity contribution is 0.102. The van der Waals surface area contributed by atoms with E-state index in [0.29, 0.717) is 11.8 Å². The van der Waals surface area contributed by atoms with E-state index in [4.69, 9.17) is 4.74 Å². The van der Waals surface area contributed by atoms with Crippen molar-refractivity contribution in [3.8, 4) is 0 Å². The van der Waals surface area contributed by atoms with Crippen LogP contribution >= 0.6 is 0 Å². The number of anilines is 1. The molecule has 0 spiro atoms. The molecule has 0 bridgehead atoms. The lowest BCUT2D eigenvalue weighted by Crippen LogP contribution is -2.44. The van der Waals surface area contributed by atoms with E-state index in [1.165, 1.54) is 6.26 Å². The quantitative estimate of drug-likeness (QED) is 0.723. The highest BCUT2D eigenvalue weighted by Gasteiger charge is 2.38. The first-order valence-electron chi connectivity index (χ1n) is 10.7. The summed E-state index contributed by atoms with van der Waals surface area (Å²) < 4.78 is 31.3. The smallest absolute Gasteiger partial charge is 0.410 e. The third-order valence-electron chi connectivity index (χ3n) is 6.63. The number of nitrogens with one attached hydrogen (secondary N) is 2. The Balaban J connectivity index is 1.33. The van der Waals surface area contributed by atoms with Gasteiger partial charge in [-0.05, 0) is 48.8 Å². The van der Waals surface area contributed by atoms with E-state index in [-0.39, 0.29) is 18.7 Å². The van der Waals surface area contributed by atoms with Crippen LogP contribution in [0.5, 0.6) is 0 Å². The van der Waals surface area contributed by atoms with Crippen molar-refractivity contribution in [1.82, 2.24) is 14.9 Å². The highest BCUT2D eigenvalue weighted by atomic mass is 32.2. The van der Waals surface area contributed by atoms with Gasteiger partial charge in [0.15, 0.2) is 0 Å². The van der Waals surface area contributed by atoms with E-state index in [0.717, 1.165) is 68.9 Å². The van der Waals surface area contributed by atoms with Gasteiger partial charge in [-0.2, -0.15) is 0 Å². The fraction of sp³-hybridized carbons (Fsp3) is 0.667. The van der Waals surface area contributed by atoms with Crippen LogP contribution in [-0.4, -0.2) is 71.0 Å². The van der Waals surface area contributed by atoms with E-state index < -0.39 is 10.0 Å². The second-order valence-corrected chi connectivity index (χ2v) is 10.6. The summed E-state index contributed by atoms with van der Waals surface area (Å²) >= 11 is 0. The van der Waals surface area contributed by atoms with Gasteiger partial charge in [-0.25, -0.2) is 17.9 Å². The molecule has 3 aliphatic rings. The Labute approximate surface area is 179 Å². The predicted molar refractivity (Wildman–Crippen MR) is 116 cm³/mol. The number of likely N-dealkylation sites (tertiary alicyclic amines) is 1. The fourth-order valence-electron chi connectivity index (χ4n) is 4.95. The Kier molecular flexibility index (Phi) is 6.22. The van der Waals surface area contributed by atoms with Gasteiger partial charge in [-0.3, -0.25) is 0 Å². The lowest BCUT2D eigenvalue weighted by Gasteiger charge is -2.35. The summed E-state index contributed by atoms with van der Waals surface area (Å²) in [6.07, 6.45) is 2.54. The molecule has 4 rings (SSSR count). The van der Waals surface area contributed by atoms with Crippen LogP contribution in [0.3, 0.4) is 0 Å². The van der Waals surface area contributed by atoms with Gasteiger partial charge in [-0.15, -0.1) is 0 Å². The Hall–Kier alpha value is -1.84. The number of nitrogens with zero attached hydrogens (tertiary/aromatic N) is 2. The van der Waals surface area contributed by atoms with Gasteiger partial charge in [0.05, 0.1) is 6.26 Å². The van der Waals surface area contributed by atoms with Crippen LogP contribution in [0.15, 0.2) is 18.2 Å². The number of carbonyl (C=O) groups excluding carboxylic acids is 1. The van der Waals surface area contributed by atoms with E-state index in [1.54, 1.807) is 0 Å². The van der Waals surface area contributed by atoms with Gasteiger partial charge < -0.3 is 19.9 Å². The lowest BCUT2D eigenvalue weighted by atomic mass is 10.0. The molecule has 166 valence electrons. The second-order valence-electron chi connectivity index (χ2n) is 8.85. The molecule has 1 aromatic rings. The number of sulfonamides is 1. The minimum Gasteiger partial charge on any atom is -0.445 e. The fourth-order valence-corrected chi connectivity index (χ4v) is 5.79. The first-order chi connectivity index (χ1) is 14.3. The SMILES string of the molecule is Cc1c(COC(=O)N2CC3CNCC3C2)cccc1N1CCC(NS(C)(=O)=O)CC1. The van der Waals surface area contributed by atoms with Crippen molar-refractivity contribution in [1.29, 1.82) is 0 Å². The van der Waals surface area contributed by atoms with E-state index >= 15 is 0 Å². The predicted octanol–water partition coefficient (Wildman–Crippen LogP) is 1.30. The standard InChI is InChI=1S/C21H32N4O4S/c1-15-16(14-29-21(26)25-12-17-10-22-11-18(17)13-25)4-3-5-20(15)24-8-6-19(7-9-24)23-30(2,27)28/h3-5,17-19,22-23H,6-14H2,1-2H3. The van der Waals surface area contributed by atoms with E-state index in [2.05, 4.69) is 27.9 Å². The minimum absolute atomic E-state index is 0.00384. The number of hydrogen-bond donors (Lipinski definition) is 2. The molecule has 2 atom stereocenters. The van der Waals surface area contributed by atoms with Gasteiger partial charge >= 0.3 is 6.09 Å². The van der Waals surface area contributed by atoms with Gasteiger partial charge in [-0.1, -0.05) is 12.1 Å². The van der Waals surface area contributed by atoms with Crippen molar-refractivity contribution in [2.24, 2.45) is 11.8 Å². The Morgan fingerprint density at radius 3 is 2.50 bits per heavy atom. The molecular weight excluding hydrogens is 404 g/mol. The van der Waals surface area contributed by atoms with E-state index in [1.807, 2.05) is 17.0 Å². The Morgan fingerprint density at radius 2 is 1.87 bits per heavy atom. The zero-order chi connectivity index (χ0) is 21.3. The Morgan fingerprint density at radius 1 is 1.20 bits per heavy atom. The van der Waals surface area contributed by atoms with Crippen molar-refractivity contribution in [2.45, 2.75) is 32.4 Å². The maximum Gasteiger partial charge on any atom is 0.410 e. The van der Waals surface area contributed by atoms with Crippen LogP contribution in [0.2, 0.25) is 0 Å². The third kappa shape index (κ3) is 4.90. The second kappa shape index (κ2) is 8.72. The number of fused-ring (bicyclic) bond motifs is 1. The minimum atomic E-state index is -3.17. The highest BCUT2D eigenvalue weighted by Crippen LogP contribution is 2.29. The molecule has 0 saturated carbocycles. The molecule has 3 saturated heterocycles. The number of rotatable bonds is 5. The number of piperidine rings is 1. The number of benzene rings is 1. The maximum absolute atomic E-state index is 12.5. The monoisotopic (exact) mass is 436 g/mol. The summed E-state index contributed by atoms with van der Waals surface area (Å²) in [5.74, 6) is 1.12. The van der Waals surface area contributed by atoms with Gasteiger partial charge in [0.2, 0.25) is 10.0 Å². The van der Waals surface area contributed by atoms with Crippen molar-refractivity contribution in [2.75, 3.05) is 50.4 Å². The average Bonchev–Trinajstić information content (AvgIpc) is 3.29. The molecule has 0 aliphatic carbocycles. The van der Waals surface area contributed by atoms with Crippen molar-refractivity contribution in [3.05, 3.63) is 29.3 Å². The molecule has 0 radical (unpaired) electrons. The first kappa shape index (κ1) is 21.4. The summed E-state index contributed by atoms with van der Waals surface area (Å²) in [6, 6.07) is 6.08. The average molecular weight is 437 g/mol. The third-order valence-corrected chi connectivity index (χ3v) is 7.39. The molecule has 3 aliphatic heterocycles. The summed E-state index contributed by atoms with van der Waals surface area (Å²) in [7, 11) is -3.17. The van der Waals surface area contributed by atoms with Crippen LogP contribution in [0.4, 0.5) is 10.5 Å². The van der Waals surface area contributed by atoms with Crippen LogP contribution < -0.4 is 14.9 Å². The van der Waals surface area contributed by atoms with Crippen molar-refractivity contribution < 1.29 is 17.9 Å². The van der Waals surface area contributed by atoms with Crippen LogP contribution in [0, 0.1) is 18.8 Å². The molecule has 0 aromatic heterocycles. The number of hydrogen-bond acceptors (Lipinski definition) is 6. The molecule has 2 unspecified atom stereocenters.